The predicted octanol–water partition coefficient (Wildman–Crippen LogP) is 3.07. The summed E-state index contributed by atoms with van der Waals surface area (Å²) in [4.78, 5) is 2.32. The Hall–Kier alpha value is -0.900. The average molecular weight is 292 g/mol. The van der Waals surface area contributed by atoms with Crippen molar-refractivity contribution in [2.24, 2.45) is 5.92 Å². The molecule has 0 heterocycles. The Labute approximate surface area is 130 Å². The second-order valence-electron chi connectivity index (χ2n) is 6.22. The number of hydrogen-bond donors (Lipinski definition) is 2. The molecular formula is C18H32N2O. The van der Waals surface area contributed by atoms with Crippen molar-refractivity contribution >= 4 is 0 Å². The summed E-state index contributed by atoms with van der Waals surface area (Å²) in [6.07, 6.45) is 1.76. The summed E-state index contributed by atoms with van der Waals surface area (Å²) in [7, 11) is 2.14. The Morgan fingerprint density at radius 3 is 2.43 bits per heavy atom. The molecule has 0 bridgehead atoms. The van der Waals surface area contributed by atoms with E-state index >= 15 is 0 Å². The normalized spacial score (nSPS) is 15.9. The number of hydrogen-bond acceptors (Lipinski definition) is 3. The molecule has 120 valence electrons. The highest BCUT2D eigenvalue weighted by Crippen LogP contribution is 2.22. The van der Waals surface area contributed by atoms with Crippen LogP contribution >= 0.6 is 0 Å². The van der Waals surface area contributed by atoms with Crippen LogP contribution in [-0.2, 0) is 0 Å². The zero-order chi connectivity index (χ0) is 15.7. The minimum absolute atomic E-state index is 0.217. The van der Waals surface area contributed by atoms with Crippen molar-refractivity contribution in [2.75, 3.05) is 26.7 Å². The topological polar surface area (TPSA) is 35.5 Å². The largest absolute Gasteiger partial charge is 0.393 e. The van der Waals surface area contributed by atoms with Gasteiger partial charge in [-0.1, -0.05) is 44.2 Å². The molecule has 0 aliphatic carbocycles. The maximum Gasteiger partial charge on any atom is 0.0524 e. The number of aliphatic hydroxyl groups is 1. The molecule has 3 unspecified atom stereocenters. The molecular weight excluding hydrogens is 260 g/mol. The zero-order valence-corrected chi connectivity index (χ0v) is 14.0. The van der Waals surface area contributed by atoms with Gasteiger partial charge in [-0.25, -0.2) is 0 Å². The fourth-order valence-corrected chi connectivity index (χ4v) is 2.70. The van der Waals surface area contributed by atoms with Gasteiger partial charge in [0.2, 0.25) is 0 Å². The van der Waals surface area contributed by atoms with Crippen LogP contribution in [0.4, 0.5) is 0 Å². The highest BCUT2D eigenvalue weighted by atomic mass is 16.3. The van der Waals surface area contributed by atoms with Crippen LogP contribution in [0.5, 0.6) is 0 Å². The molecule has 3 heteroatoms. The van der Waals surface area contributed by atoms with Crippen LogP contribution < -0.4 is 5.32 Å². The van der Waals surface area contributed by atoms with Crippen molar-refractivity contribution in [2.45, 2.75) is 45.8 Å². The molecule has 0 spiro atoms. The van der Waals surface area contributed by atoms with Gasteiger partial charge in [0, 0.05) is 19.1 Å². The minimum atomic E-state index is -0.217. The molecule has 0 aliphatic rings. The molecule has 21 heavy (non-hydrogen) atoms. The van der Waals surface area contributed by atoms with E-state index in [0.29, 0.717) is 12.0 Å². The molecule has 1 aromatic carbocycles. The van der Waals surface area contributed by atoms with E-state index in [9.17, 15) is 5.11 Å². The van der Waals surface area contributed by atoms with Crippen LogP contribution in [0.15, 0.2) is 30.3 Å². The first kappa shape index (κ1) is 18.1. The van der Waals surface area contributed by atoms with Gasteiger partial charge in [-0.3, -0.25) is 0 Å². The van der Waals surface area contributed by atoms with Crippen LogP contribution in [-0.4, -0.2) is 42.8 Å². The van der Waals surface area contributed by atoms with Gasteiger partial charge in [-0.05, 0) is 44.8 Å². The molecule has 0 aliphatic heterocycles. The van der Waals surface area contributed by atoms with E-state index in [-0.39, 0.29) is 6.10 Å². The maximum absolute atomic E-state index is 9.40. The Kier molecular flexibility index (Phi) is 8.58. The molecule has 0 saturated carbocycles. The molecule has 1 aromatic rings. The van der Waals surface area contributed by atoms with Crippen LogP contribution in [0.3, 0.4) is 0 Å². The second-order valence-corrected chi connectivity index (χ2v) is 6.22. The number of nitrogens with zero attached hydrogens (tertiary/aromatic N) is 1. The smallest absolute Gasteiger partial charge is 0.0524 e. The highest BCUT2D eigenvalue weighted by molar-refractivity contribution is 5.19. The summed E-state index contributed by atoms with van der Waals surface area (Å²) in [5.41, 5.74) is 1.36. The third kappa shape index (κ3) is 7.07. The number of rotatable bonds is 10. The summed E-state index contributed by atoms with van der Waals surface area (Å²) in [5.74, 6) is 0.526. The molecule has 0 fully saturated rings. The van der Waals surface area contributed by atoms with Crippen LogP contribution in [0.2, 0.25) is 0 Å². The quantitative estimate of drug-likeness (QED) is 0.696. The van der Waals surface area contributed by atoms with E-state index in [1.165, 1.54) is 5.56 Å². The number of nitrogens with one attached hydrogen (secondary N) is 1. The van der Waals surface area contributed by atoms with Crippen LogP contribution in [0, 0.1) is 5.92 Å². The third-order valence-electron chi connectivity index (χ3n) is 3.87. The molecule has 2 N–H and O–H groups in total. The van der Waals surface area contributed by atoms with Gasteiger partial charge in [-0.15, -0.1) is 0 Å². The van der Waals surface area contributed by atoms with Crippen LogP contribution in [0.25, 0.3) is 0 Å². The van der Waals surface area contributed by atoms with Crippen LogP contribution in [0.1, 0.15) is 45.2 Å². The summed E-state index contributed by atoms with van der Waals surface area (Å²) in [6, 6.07) is 11.1. The summed E-state index contributed by atoms with van der Waals surface area (Å²) >= 11 is 0. The highest BCUT2D eigenvalue weighted by Gasteiger charge is 2.19. The SMILES string of the molecule is CCCNC(c1ccccc1)C(C)CN(C)CCC(C)O. The molecule has 0 radical (unpaired) electrons. The Morgan fingerprint density at radius 2 is 1.86 bits per heavy atom. The molecule has 1 rings (SSSR count). The Bertz CT molecular complexity index is 367. The zero-order valence-electron chi connectivity index (χ0n) is 14.0. The Balaban J connectivity index is 2.61. The van der Waals surface area contributed by atoms with E-state index in [2.05, 4.69) is 61.4 Å². The van der Waals surface area contributed by atoms with Crippen molar-refractivity contribution < 1.29 is 5.11 Å². The van der Waals surface area contributed by atoms with Crippen molar-refractivity contribution in [3.63, 3.8) is 0 Å². The second kappa shape index (κ2) is 9.93. The lowest BCUT2D eigenvalue weighted by atomic mass is 9.93. The van der Waals surface area contributed by atoms with Gasteiger partial charge in [-0.2, -0.15) is 0 Å². The van der Waals surface area contributed by atoms with Gasteiger partial charge >= 0.3 is 0 Å². The standard InChI is InChI=1S/C18H32N2O/c1-5-12-19-18(17-9-7-6-8-10-17)15(2)14-20(4)13-11-16(3)21/h6-10,15-16,18-19,21H,5,11-14H2,1-4H3. The first-order chi connectivity index (χ1) is 10.0. The lowest BCUT2D eigenvalue weighted by Gasteiger charge is -2.29. The Morgan fingerprint density at radius 1 is 1.19 bits per heavy atom. The molecule has 0 saturated heterocycles. The van der Waals surface area contributed by atoms with Gasteiger partial charge in [0.15, 0.2) is 0 Å². The van der Waals surface area contributed by atoms with Crippen molar-refractivity contribution in [3.8, 4) is 0 Å². The maximum atomic E-state index is 9.40. The summed E-state index contributed by atoms with van der Waals surface area (Å²) in [6.45, 7) is 9.38. The first-order valence-corrected chi connectivity index (χ1v) is 8.19. The lowest BCUT2D eigenvalue weighted by molar-refractivity contribution is 0.156. The van der Waals surface area contributed by atoms with Crippen molar-refractivity contribution in [1.29, 1.82) is 0 Å². The predicted molar refractivity (Wildman–Crippen MR) is 90.4 cm³/mol. The minimum Gasteiger partial charge on any atom is -0.393 e. The molecule has 0 aromatic heterocycles. The van der Waals surface area contributed by atoms with Gasteiger partial charge in [0.25, 0.3) is 0 Å². The number of benzene rings is 1. The fourth-order valence-electron chi connectivity index (χ4n) is 2.70. The summed E-state index contributed by atoms with van der Waals surface area (Å²) < 4.78 is 0. The third-order valence-corrected chi connectivity index (χ3v) is 3.87. The van der Waals surface area contributed by atoms with E-state index < -0.39 is 0 Å². The van der Waals surface area contributed by atoms with Gasteiger partial charge in [0.05, 0.1) is 6.10 Å². The monoisotopic (exact) mass is 292 g/mol. The molecule has 3 nitrogen and oxygen atoms in total. The number of aliphatic hydroxyl groups excluding tert-OH is 1. The van der Waals surface area contributed by atoms with E-state index in [1.807, 2.05) is 6.92 Å². The first-order valence-electron chi connectivity index (χ1n) is 8.19. The molecule has 3 atom stereocenters. The van der Waals surface area contributed by atoms with Crippen molar-refractivity contribution in [1.82, 2.24) is 10.2 Å². The van der Waals surface area contributed by atoms with E-state index in [4.69, 9.17) is 0 Å². The lowest BCUT2D eigenvalue weighted by Crippen LogP contribution is -2.35. The van der Waals surface area contributed by atoms with E-state index in [1.54, 1.807) is 0 Å². The van der Waals surface area contributed by atoms with Gasteiger partial charge < -0.3 is 15.3 Å². The molecule has 0 amide bonds. The van der Waals surface area contributed by atoms with E-state index in [0.717, 1.165) is 32.5 Å². The fraction of sp³-hybridized carbons (Fsp3) is 0.667. The van der Waals surface area contributed by atoms with Gasteiger partial charge in [0.1, 0.15) is 0 Å². The van der Waals surface area contributed by atoms with Crippen molar-refractivity contribution in [3.05, 3.63) is 35.9 Å². The summed E-state index contributed by atoms with van der Waals surface area (Å²) in [5, 5.41) is 13.1. The average Bonchev–Trinajstić information content (AvgIpc) is 2.46.